The zero-order valence-corrected chi connectivity index (χ0v) is 12.3. The molecule has 0 aliphatic heterocycles. The van der Waals surface area contributed by atoms with Crippen LogP contribution < -0.4 is 5.69 Å². The Kier molecular flexibility index (Phi) is 3.09. The van der Waals surface area contributed by atoms with Gasteiger partial charge in [0.1, 0.15) is 0 Å². The highest BCUT2D eigenvalue weighted by atomic mass is 127. The minimum Gasteiger partial charge on any atom is -0.478 e. The van der Waals surface area contributed by atoms with Crippen LogP contribution in [0, 0.1) is 3.57 Å². The molecule has 0 atom stereocenters. The van der Waals surface area contributed by atoms with E-state index >= 15 is 0 Å². The van der Waals surface area contributed by atoms with Crippen LogP contribution in [-0.2, 0) is 0 Å². The lowest BCUT2D eigenvalue weighted by Crippen LogP contribution is -2.15. The monoisotopic (exact) mass is 380 g/mol. The first-order valence-electron chi connectivity index (χ1n) is 5.81. The van der Waals surface area contributed by atoms with E-state index in [1.54, 1.807) is 6.07 Å². The van der Waals surface area contributed by atoms with Crippen LogP contribution in [0.15, 0.2) is 47.3 Å². The van der Waals surface area contributed by atoms with Crippen molar-refractivity contribution in [2.24, 2.45) is 0 Å². The Labute approximate surface area is 127 Å². The third-order valence-electron chi connectivity index (χ3n) is 3.02. The molecule has 0 bridgehead atoms. The first kappa shape index (κ1) is 12.9. The first-order chi connectivity index (χ1) is 9.58. The second kappa shape index (κ2) is 4.78. The summed E-state index contributed by atoms with van der Waals surface area (Å²) in [6.07, 6.45) is 0. The Morgan fingerprint density at radius 3 is 2.65 bits per heavy atom. The zero-order chi connectivity index (χ0) is 14.3. The van der Waals surface area contributed by atoms with Gasteiger partial charge in [-0.05, 0) is 52.9 Å². The number of H-pyrrole nitrogens is 1. The number of aromatic nitrogens is 2. The number of carboxylic acid groups (broad SMARTS) is 1. The maximum Gasteiger partial charge on any atom is 0.335 e. The molecule has 0 fully saturated rings. The molecule has 0 spiro atoms. The molecular weight excluding hydrogens is 371 g/mol. The highest BCUT2D eigenvalue weighted by Crippen LogP contribution is 2.21. The minimum absolute atomic E-state index is 0.149. The lowest BCUT2D eigenvalue weighted by Gasteiger charge is -2.06. The number of halogens is 1. The number of aromatic amines is 1. The number of para-hydroxylation sites is 1. The smallest absolute Gasteiger partial charge is 0.335 e. The predicted molar refractivity (Wildman–Crippen MR) is 83.6 cm³/mol. The quantitative estimate of drug-likeness (QED) is 0.672. The van der Waals surface area contributed by atoms with E-state index in [0.717, 1.165) is 9.26 Å². The fourth-order valence-electron chi connectivity index (χ4n) is 2.11. The zero-order valence-electron chi connectivity index (χ0n) is 10.1. The number of carbonyl (C=O) groups is 1. The van der Waals surface area contributed by atoms with Gasteiger partial charge in [-0.3, -0.25) is 4.57 Å². The maximum absolute atomic E-state index is 12.1. The molecule has 2 aromatic carbocycles. The summed E-state index contributed by atoms with van der Waals surface area (Å²) in [5, 5.41) is 9.07. The lowest BCUT2D eigenvalue weighted by molar-refractivity contribution is 0.0697. The van der Waals surface area contributed by atoms with E-state index in [1.165, 1.54) is 16.7 Å². The molecular formula is C14H9IN2O3. The lowest BCUT2D eigenvalue weighted by atomic mass is 10.2. The molecule has 0 radical (unpaired) electrons. The summed E-state index contributed by atoms with van der Waals surface area (Å²) < 4.78 is 2.40. The molecule has 3 aromatic rings. The predicted octanol–water partition coefficient (Wildman–Crippen LogP) is 2.62. The van der Waals surface area contributed by atoms with Crippen LogP contribution in [0.3, 0.4) is 0 Å². The standard InChI is InChI=1S/C14H9IN2O3/c15-9-3-1-2-4-11(9)17-12-7-8(13(18)19)5-6-10(12)16-14(17)20/h1-7H,(H,16,20)(H,18,19). The number of hydrogen-bond acceptors (Lipinski definition) is 2. The number of aromatic carboxylic acids is 1. The van der Waals surface area contributed by atoms with Gasteiger partial charge >= 0.3 is 11.7 Å². The second-order valence-corrected chi connectivity index (χ2v) is 5.42. The maximum atomic E-state index is 12.1. The minimum atomic E-state index is -1.02. The summed E-state index contributed by atoms with van der Waals surface area (Å²) in [6.45, 7) is 0. The van der Waals surface area contributed by atoms with Crippen LogP contribution in [0.5, 0.6) is 0 Å². The van der Waals surface area contributed by atoms with E-state index in [-0.39, 0.29) is 11.3 Å². The highest BCUT2D eigenvalue weighted by molar-refractivity contribution is 14.1. The third-order valence-corrected chi connectivity index (χ3v) is 3.94. The van der Waals surface area contributed by atoms with Crippen molar-refractivity contribution < 1.29 is 9.90 Å². The van der Waals surface area contributed by atoms with E-state index < -0.39 is 5.97 Å². The largest absolute Gasteiger partial charge is 0.478 e. The number of benzene rings is 2. The molecule has 5 nitrogen and oxygen atoms in total. The van der Waals surface area contributed by atoms with Gasteiger partial charge in [-0.15, -0.1) is 0 Å². The second-order valence-electron chi connectivity index (χ2n) is 4.25. The molecule has 0 unspecified atom stereocenters. The molecule has 0 aliphatic carbocycles. The number of rotatable bonds is 2. The van der Waals surface area contributed by atoms with Crippen LogP contribution in [0.2, 0.25) is 0 Å². The number of carboxylic acids is 1. The summed E-state index contributed by atoms with van der Waals surface area (Å²) >= 11 is 2.14. The van der Waals surface area contributed by atoms with E-state index in [2.05, 4.69) is 27.6 Å². The summed E-state index contributed by atoms with van der Waals surface area (Å²) in [5.41, 5.74) is 1.76. The number of imidazole rings is 1. The fourth-order valence-corrected chi connectivity index (χ4v) is 2.74. The molecule has 100 valence electrons. The number of hydrogen-bond donors (Lipinski definition) is 2. The van der Waals surface area contributed by atoms with Crippen molar-refractivity contribution in [2.75, 3.05) is 0 Å². The van der Waals surface area contributed by atoms with Crippen molar-refractivity contribution in [1.82, 2.24) is 9.55 Å². The van der Waals surface area contributed by atoms with Crippen LogP contribution in [-0.4, -0.2) is 20.6 Å². The molecule has 2 N–H and O–H groups in total. The van der Waals surface area contributed by atoms with Crippen molar-refractivity contribution in [3.8, 4) is 5.69 Å². The molecule has 0 aliphatic rings. The van der Waals surface area contributed by atoms with Gasteiger partial charge in [0.05, 0.1) is 22.3 Å². The van der Waals surface area contributed by atoms with Crippen LogP contribution >= 0.6 is 22.6 Å². The Hall–Kier alpha value is -2.09. The van der Waals surface area contributed by atoms with E-state index in [0.29, 0.717) is 11.0 Å². The summed E-state index contributed by atoms with van der Waals surface area (Å²) in [5.74, 6) is -1.02. The van der Waals surface area contributed by atoms with Crippen molar-refractivity contribution in [3.63, 3.8) is 0 Å². The topological polar surface area (TPSA) is 75.1 Å². The molecule has 0 amide bonds. The van der Waals surface area contributed by atoms with Crippen LogP contribution in [0.25, 0.3) is 16.7 Å². The van der Waals surface area contributed by atoms with Crippen molar-refractivity contribution in [2.45, 2.75) is 0 Å². The summed E-state index contributed by atoms with van der Waals surface area (Å²) in [6, 6.07) is 12.0. The SMILES string of the molecule is O=C(O)c1ccc2[nH]c(=O)n(-c3ccccc3I)c2c1. The third kappa shape index (κ3) is 2.01. The van der Waals surface area contributed by atoms with Gasteiger partial charge in [0, 0.05) is 3.57 Å². The van der Waals surface area contributed by atoms with Gasteiger partial charge in [-0.1, -0.05) is 12.1 Å². The Balaban J connectivity index is 2.38. The van der Waals surface area contributed by atoms with Crippen LogP contribution in [0.4, 0.5) is 0 Å². The van der Waals surface area contributed by atoms with Gasteiger partial charge in [0.15, 0.2) is 0 Å². The number of nitrogens with zero attached hydrogens (tertiary/aromatic N) is 1. The molecule has 1 aromatic heterocycles. The van der Waals surface area contributed by atoms with Crippen molar-refractivity contribution >= 4 is 39.6 Å². The normalized spacial score (nSPS) is 10.8. The highest BCUT2D eigenvalue weighted by Gasteiger charge is 2.13. The average Bonchev–Trinajstić information content (AvgIpc) is 2.74. The van der Waals surface area contributed by atoms with Crippen LogP contribution in [0.1, 0.15) is 10.4 Å². The Bertz CT molecular complexity index is 880. The van der Waals surface area contributed by atoms with Crippen molar-refractivity contribution in [1.29, 1.82) is 0 Å². The number of fused-ring (bicyclic) bond motifs is 1. The molecule has 0 saturated heterocycles. The summed E-state index contributed by atoms with van der Waals surface area (Å²) in [4.78, 5) is 25.9. The van der Waals surface area contributed by atoms with Gasteiger partial charge in [-0.25, -0.2) is 9.59 Å². The Morgan fingerprint density at radius 1 is 1.20 bits per heavy atom. The number of nitrogens with one attached hydrogen (secondary N) is 1. The summed E-state index contributed by atoms with van der Waals surface area (Å²) in [7, 11) is 0. The van der Waals surface area contributed by atoms with Gasteiger partial charge in [0.2, 0.25) is 0 Å². The van der Waals surface area contributed by atoms with Gasteiger partial charge < -0.3 is 10.1 Å². The molecule has 20 heavy (non-hydrogen) atoms. The average molecular weight is 380 g/mol. The van der Waals surface area contributed by atoms with E-state index in [1.807, 2.05) is 24.3 Å². The van der Waals surface area contributed by atoms with Gasteiger partial charge in [0.25, 0.3) is 0 Å². The van der Waals surface area contributed by atoms with E-state index in [9.17, 15) is 9.59 Å². The molecule has 1 heterocycles. The van der Waals surface area contributed by atoms with Gasteiger partial charge in [-0.2, -0.15) is 0 Å². The van der Waals surface area contributed by atoms with Crippen molar-refractivity contribution in [3.05, 3.63) is 62.1 Å². The van der Waals surface area contributed by atoms with E-state index in [4.69, 9.17) is 5.11 Å². The molecule has 6 heteroatoms. The first-order valence-corrected chi connectivity index (χ1v) is 6.89. The Morgan fingerprint density at radius 2 is 1.95 bits per heavy atom. The molecule has 3 rings (SSSR count). The fraction of sp³-hybridized carbons (Fsp3) is 0. The molecule has 0 saturated carbocycles.